The number of thioether (sulfide) groups is 1. The van der Waals surface area contributed by atoms with Crippen LogP contribution in [0.25, 0.3) is 11.1 Å². The monoisotopic (exact) mass is 468 g/mol. The van der Waals surface area contributed by atoms with Gasteiger partial charge in [0.2, 0.25) is 0 Å². The minimum Gasteiger partial charge on any atom is -0.497 e. The molecule has 3 aromatic carbocycles. The Morgan fingerprint density at radius 3 is 2.38 bits per heavy atom. The summed E-state index contributed by atoms with van der Waals surface area (Å²) in [5, 5.41) is 19.4. The molecule has 0 bridgehead atoms. The molecule has 1 heterocycles. The molecule has 0 radical (unpaired) electrons. The van der Waals surface area contributed by atoms with Crippen LogP contribution in [0.5, 0.6) is 5.75 Å². The summed E-state index contributed by atoms with van der Waals surface area (Å²) >= 11 is 1.70. The number of rotatable bonds is 10. The first kappa shape index (κ1) is 23.6. The summed E-state index contributed by atoms with van der Waals surface area (Å²) in [5.41, 5.74) is 5.09. The molecule has 0 amide bonds. The maximum absolute atomic E-state index is 9.42. The molecule has 172 valence electrons. The van der Waals surface area contributed by atoms with Gasteiger partial charge in [0.15, 0.2) is 5.16 Å². The van der Waals surface area contributed by atoms with Gasteiger partial charge >= 0.3 is 0 Å². The van der Waals surface area contributed by atoms with E-state index < -0.39 is 0 Å². The molecule has 0 aliphatic rings. The van der Waals surface area contributed by atoms with Gasteiger partial charge in [-0.15, -0.1) is 10.2 Å². The molecule has 6 heteroatoms. The van der Waals surface area contributed by atoms with Crippen LogP contribution in [0.4, 0.5) is 0 Å². The Kier molecular flexibility index (Phi) is 8.00. The fourth-order valence-electron chi connectivity index (χ4n) is 3.78. The standard InChI is InChI=1S/C28H28N4OS/c1-3-4-9-27-30-31-28(34-20-22-12-16-25(33-2)17-13-22)32(27)19-21-10-14-23(15-11-21)26-8-6-5-7-24(26)18-29/h5-8,10-17H,3-4,9,19-20H2,1-2H3. The number of benzene rings is 3. The van der Waals surface area contributed by atoms with Crippen LogP contribution in [0.3, 0.4) is 0 Å². The van der Waals surface area contributed by atoms with Crippen molar-refractivity contribution >= 4 is 11.8 Å². The van der Waals surface area contributed by atoms with E-state index in [0.717, 1.165) is 59.4 Å². The van der Waals surface area contributed by atoms with Gasteiger partial charge in [-0.05, 0) is 46.9 Å². The van der Waals surface area contributed by atoms with E-state index in [1.54, 1.807) is 18.9 Å². The van der Waals surface area contributed by atoms with Gasteiger partial charge < -0.3 is 9.30 Å². The number of aromatic nitrogens is 3. The Morgan fingerprint density at radius 2 is 1.68 bits per heavy atom. The number of unbranched alkanes of at least 4 members (excludes halogenated alkanes) is 1. The van der Waals surface area contributed by atoms with E-state index in [0.29, 0.717) is 5.56 Å². The molecule has 0 N–H and O–H groups in total. The van der Waals surface area contributed by atoms with E-state index in [1.165, 1.54) is 11.1 Å². The predicted molar refractivity (Wildman–Crippen MR) is 137 cm³/mol. The van der Waals surface area contributed by atoms with Gasteiger partial charge in [0, 0.05) is 12.2 Å². The van der Waals surface area contributed by atoms with Crippen molar-refractivity contribution in [2.24, 2.45) is 0 Å². The Labute approximate surface area is 205 Å². The van der Waals surface area contributed by atoms with Crippen molar-refractivity contribution in [3.05, 3.63) is 95.3 Å². The minimum atomic E-state index is 0.688. The molecule has 5 nitrogen and oxygen atoms in total. The van der Waals surface area contributed by atoms with Crippen molar-refractivity contribution in [3.63, 3.8) is 0 Å². The zero-order valence-electron chi connectivity index (χ0n) is 19.6. The summed E-state index contributed by atoms with van der Waals surface area (Å²) in [4.78, 5) is 0. The third kappa shape index (κ3) is 5.67. The molecule has 0 unspecified atom stereocenters. The lowest BCUT2D eigenvalue weighted by Crippen LogP contribution is -2.07. The summed E-state index contributed by atoms with van der Waals surface area (Å²) in [6.07, 6.45) is 3.12. The molecular formula is C28H28N4OS. The van der Waals surface area contributed by atoms with Crippen molar-refractivity contribution in [1.29, 1.82) is 5.26 Å². The maximum Gasteiger partial charge on any atom is 0.191 e. The number of ether oxygens (including phenoxy) is 1. The van der Waals surface area contributed by atoms with Gasteiger partial charge in [0.05, 0.1) is 25.3 Å². The second kappa shape index (κ2) is 11.5. The van der Waals surface area contributed by atoms with Gasteiger partial charge in [-0.2, -0.15) is 5.26 Å². The van der Waals surface area contributed by atoms with Crippen molar-refractivity contribution in [3.8, 4) is 22.9 Å². The number of aryl methyl sites for hydroxylation is 1. The summed E-state index contributed by atoms with van der Waals surface area (Å²) in [6.45, 7) is 2.91. The third-order valence-electron chi connectivity index (χ3n) is 5.73. The number of hydrogen-bond acceptors (Lipinski definition) is 5. The first-order valence-electron chi connectivity index (χ1n) is 11.5. The number of nitrogens with zero attached hydrogens (tertiary/aromatic N) is 4. The Bertz CT molecular complexity index is 1260. The van der Waals surface area contributed by atoms with Crippen molar-refractivity contribution in [1.82, 2.24) is 14.8 Å². The van der Waals surface area contributed by atoms with Crippen LogP contribution in [0.2, 0.25) is 0 Å². The minimum absolute atomic E-state index is 0.688. The zero-order chi connectivity index (χ0) is 23.8. The van der Waals surface area contributed by atoms with Gasteiger partial charge in [-0.1, -0.05) is 79.7 Å². The molecule has 0 saturated carbocycles. The molecular weight excluding hydrogens is 440 g/mol. The summed E-state index contributed by atoms with van der Waals surface area (Å²) in [5.74, 6) is 2.71. The van der Waals surface area contributed by atoms with Crippen molar-refractivity contribution in [2.45, 2.75) is 43.6 Å². The number of methoxy groups -OCH3 is 1. The summed E-state index contributed by atoms with van der Waals surface area (Å²) < 4.78 is 7.50. The van der Waals surface area contributed by atoms with Crippen LogP contribution >= 0.6 is 11.8 Å². The van der Waals surface area contributed by atoms with Gasteiger partial charge in [-0.3, -0.25) is 0 Å². The van der Waals surface area contributed by atoms with E-state index >= 15 is 0 Å². The molecule has 0 fully saturated rings. The smallest absolute Gasteiger partial charge is 0.191 e. The summed E-state index contributed by atoms with van der Waals surface area (Å²) in [7, 11) is 1.68. The highest BCUT2D eigenvalue weighted by atomic mass is 32.2. The van der Waals surface area contributed by atoms with Crippen LogP contribution in [0, 0.1) is 11.3 Å². The lowest BCUT2D eigenvalue weighted by Gasteiger charge is -2.12. The van der Waals surface area contributed by atoms with Gasteiger partial charge in [0.25, 0.3) is 0 Å². The van der Waals surface area contributed by atoms with Crippen molar-refractivity contribution < 1.29 is 4.74 Å². The Balaban J connectivity index is 1.53. The molecule has 0 atom stereocenters. The molecule has 4 rings (SSSR count). The van der Waals surface area contributed by atoms with Crippen LogP contribution in [0.1, 0.15) is 42.3 Å². The van der Waals surface area contributed by atoms with Gasteiger partial charge in [0.1, 0.15) is 11.6 Å². The summed E-state index contributed by atoms with van der Waals surface area (Å²) in [6, 6.07) is 26.6. The quantitative estimate of drug-likeness (QED) is 0.248. The fraction of sp³-hybridized carbons (Fsp3) is 0.250. The van der Waals surface area contributed by atoms with E-state index in [-0.39, 0.29) is 0 Å². The van der Waals surface area contributed by atoms with Crippen molar-refractivity contribution in [2.75, 3.05) is 7.11 Å². The highest BCUT2D eigenvalue weighted by Gasteiger charge is 2.14. The van der Waals surface area contributed by atoms with E-state index in [9.17, 15) is 5.26 Å². The average molecular weight is 469 g/mol. The zero-order valence-corrected chi connectivity index (χ0v) is 20.4. The maximum atomic E-state index is 9.42. The predicted octanol–water partition coefficient (Wildman–Crippen LogP) is 6.51. The fourth-order valence-corrected chi connectivity index (χ4v) is 4.69. The second-order valence-electron chi connectivity index (χ2n) is 8.08. The molecule has 0 saturated heterocycles. The lowest BCUT2D eigenvalue weighted by atomic mass is 9.99. The van der Waals surface area contributed by atoms with Crippen LogP contribution in [-0.4, -0.2) is 21.9 Å². The first-order chi connectivity index (χ1) is 16.7. The van der Waals surface area contributed by atoms with E-state index in [4.69, 9.17) is 4.74 Å². The van der Waals surface area contributed by atoms with Crippen LogP contribution in [0.15, 0.2) is 78.0 Å². The molecule has 0 spiro atoms. The third-order valence-corrected chi connectivity index (χ3v) is 6.77. The molecule has 1 aromatic heterocycles. The highest BCUT2D eigenvalue weighted by Crippen LogP contribution is 2.27. The number of hydrogen-bond donors (Lipinski definition) is 0. The molecule has 4 aromatic rings. The van der Waals surface area contributed by atoms with Crippen LogP contribution in [-0.2, 0) is 18.7 Å². The SMILES string of the molecule is CCCCc1nnc(SCc2ccc(OC)cc2)n1Cc1ccc(-c2ccccc2C#N)cc1. The highest BCUT2D eigenvalue weighted by molar-refractivity contribution is 7.98. The van der Waals surface area contributed by atoms with Crippen LogP contribution < -0.4 is 4.74 Å². The van der Waals surface area contributed by atoms with E-state index in [1.807, 2.05) is 36.4 Å². The van der Waals surface area contributed by atoms with Gasteiger partial charge in [-0.25, -0.2) is 0 Å². The largest absolute Gasteiger partial charge is 0.497 e. The molecule has 0 aliphatic carbocycles. The number of nitriles is 1. The normalized spacial score (nSPS) is 10.7. The second-order valence-corrected chi connectivity index (χ2v) is 9.02. The Morgan fingerprint density at radius 1 is 0.941 bits per heavy atom. The van der Waals surface area contributed by atoms with E-state index in [2.05, 4.69) is 64.2 Å². The lowest BCUT2D eigenvalue weighted by molar-refractivity contribution is 0.414. The average Bonchev–Trinajstić information content (AvgIpc) is 3.27. The Hall–Kier alpha value is -3.56. The molecule has 34 heavy (non-hydrogen) atoms. The first-order valence-corrected chi connectivity index (χ1v) is 12.5. The molecule has 0 aliphatic heterocycles. The topological polar surface area (TPSA) is 63.7 Å².